The fourth-order valence-corrected chi connectivity index (χ4v) is 9.63. The van der Waals surface area contributed by atoms with Gasteiger partial charge in [0.05, 0.1) is 0 Å². The molecule has 0 radical (unpaired) electrons. The van der Waals surface area contributed by atoms with Gasteiger partial charge in [-0.1, -0.05) is 123 Å². The molecule has 0 saturated heterocycles. The van der Waals surface area contributed by atoms with Gasteiger partial charge in [0.25, 0.3) is 0 Å². The highest BCUT2D eigenvalue weighted by atomic mass is 32.1. The first-order valence-corrected chi connectivity index (χ1v) is 16.8. The van der Waals surface area contributed by atoms with Gasteiger partial charge >= 0.3 is 0 Å². The molecule has 0 aliphatic heterocycles. The third kappa shape index (κ3) is 3.71. The quantitative estimate of drug-likeness (QED) is 0.175. The minimum Gasteiger partial charge on any atom is -0.135 e. The summed E-state index contributed by atoms with van der Waals surface area (Å²) >= 11 is 1.96. The highest BCUT2D eigenvalue weighted by Gasteiger charge is 2.37. The van der Waals surface area contributed by atoms with Gasteiger partial charge in [-0.2, -0.15) is 0 Å². The Morgan fingerprint density at radius 2 is 1.09 bits per heavy atom. The summed E-state index contributed by atoms with van der Waals surface area (Å²) in [6, 6.07) is 43.7. The highest BCUT2D eigenvalue weighted by Crippen LogP contribution is 2.55. The van der Waals surface area contributed by atoms with Crippen molar-refractivity contribution in [3.05, 3.63) is 143 Å². The van der Waals surface area contributed by atoms with Crippen molar-refractivity contribution in [2.75, 3.05) is 0 Å². The number of thiophene rings is 1. The number of aryl methyl sites for hydroxylation is 3. The number of fused-ring (bicyclic) bond motifs is 9. The first-order valence-electron chi connectivity index (χ1n) is 15.9. The monoisotopic (exact) mass is 594 g/mol. The fraction of sp³-hybridized carbons (Fsp3) is 0.136. The van der Waals surface area contributed by atoms with Gasteiger partial charge < -0.3 is 0 Å². The van der Waals surface area contributed by atoms with Crippen LogP contribution >= 0.6 is 11.3 Å². The lowest BCUT2D eigenvalue weighted by molar-refractivity contribution is 0.661. The molecule has 9 rings (SSSR count). The summed E-state index contributed by atoms with van der Waals surface area (Å²) < 4.78 is 2.82. The van der Waals surface area contributed by atoms with Gasteiger partial charge in [0.2, 0.25) is 0 Å². The molecule has 216 valence electrons. The second-order valence-electron chi connectivity index (χ2n) is 13.5. The van der Waals surface area contributed by atoms with Gasteiger partial charge in [0.15, 0.2) is 0 Å². The van der Waals surface area contributed by atoms with Crippen molar-refractivity contribution in [3.8, 4) is 33.4 Å². The zero-order valence-electron chi connectivity index (χ0n) is 26.4. The van der Waals surface area contributed by atoms with Crippen LogP contribution in [0.1, 0.15) is 41.7 Å². The molecule has 0 atom stereocenters. The third-order valence-electron chi connectivity index (χ3n) is 10.3. The summed E-state index contributed by atoms with van der Waals surface area (Å²) in [6.45, 7) is 11.4. The maximum atomic E-state index is 2.50. The van der Waals surface area contributed by atoms with Crippen molar-refractivity contribution in [3.63, 3.8) is 0 Å². The van der Waals surface area contributed by atoms with Crippen LogP contribution in [-0.2, 0) is 5.41 Å². The Hall–Kier alpha value is -4.72. The summed E-state index contributed by atoms with van der Waals surface area (Å²) in [7, 11) is 0. The van der Waals surface area contributed by atoms with E-state index >= 15 is 0 Å². The Balaban J connectivity index is 1.32. The first kappa shape index (κ1) is 26.7. The van der Waals surface area contributed by atoms with Crippen molar-refractivity contribution in [1.82, 2.24) is 0 Å². The SMILES string of the molecule is Cc1ccc(-c2c3ccccc3c(-c3ccc4c(c3)C(C)(C)c3ccc5c(sc6cc(C)cc(C)c65)c3-4)c3ccccc23)cc1. The predicted molar refractivity (Wildman–Crippen MR) is 197 cm³/mol. The fourth-order valence-electron chi connectivity index (χ4n) is 8.19. The highest BCUT2D eigenvalue weighted by molar-refractivity contribution is 7.26. The van der Waals surface area contributed by atoms with Crippen molar-refractivity contribution in [2.24, 2.45) is 0 Å². The molecule has 0 nitrogen and oxygen atoms in total. The van der Waals surface area contributed by atoms with Crippen LogP contribution in [0.25, 0.3) is 75.1 Å². The maximum absolute atomic E-state index is 2.50. The Morgan fingerprint density at radius 3 is 1.73 bits per heavy atom. The minimum atomic E-state index is -0.0938. The van der Waals surface area contributed by atoms with Gasteiger partial charge in [0.1, 0.15) is 0 Å². The second-order valence-corrected chi connectivity index (χ2v) is 14.6. The normalized spacial score (nSPS) is 13.6. The van der Waals surface area contributed by atoms with Gasteiger partial charge in [-0.25, -0.2) is 0 Å². The average molecular weight is 595 g/mol. The topological polar surface area (TPSA) is 0 Å². The van der Waals surface area contributed by atoms with E-state index in [1.807, 2.05) is 11.3 Å². The molecule has 0 fully saturated rings. The molecule has 45 heavy (non-hydrogen) atoms. The van der Waals surface area contributed by atoms with E-state index < -0.39 is 0 Å². The molecule has 1 aromatic heterocycles. The lowest BCUT2D eigenvalue weighted by atomic mass is 9.80. The van der Waals surface area contributed by atoms with E-state index in [1.165, 1.54) is 103 Å². The van der Waals surface area contributed by atoms with Crippen LogP contribution < -0.4 is 0 Å². The van der Waals surface area contributed by atoms with Crippen LogP contribution in [0.15, 0.2) is 115 Å². The van der Waals surface area contributed by atoms with Crippen LogP contribution in [-0.4, -0.2) is 0 Å². The van der Waals surface area contributed by atoms with Crippen molar-refractivity contribution < 1.29 is 0 Å². The van der Waals surface area contributed by atoms with Crippen LogP contribution in [0, 0.1) is 20.8 Å². The molecule has 1 aliphatic rings. The van der Waals surface area contributed by atoms with Crippen molar-refractivity contribution >= 4 is 53.1 Å². The van der Waals surface area contributed by atoms with Crippen LogP contribution in [0.3, 0.4) is 0 Å². The summed E-state index contributed by atoms with van der Waals surface area (Å²) in [5.74, 6) is 0. The van der Waals surface area contributed by atoms with Gasteiger partial charge in [-0.05, 0) is 105 Å². The summed E-state index contributed by atoms with van der Waals surface area (Å²) in [5.41, 5.74) is 14.8. The third-order valence-corrected chi connectivity index (χ3v) is 11.4. The zero-order chi connectivity index (χ0) is 30.6. The van der Waals surface area contributed by atoms with E-state index in [-0.39, 0.29) is 5.41 Å². The Bertz CT molecular complexity index is 2460. The van der Waals surface area contributed by atoms with E-state index in [0.717, 1.165) is 0 Å². The Kier molecular flexibility index (Phi) is 5.57. The van der Waals surface area contributed by atoms with Gasteiger partial charge in [0, 0.05) is 31.2 Å². The molecular weight excluding hydrogens is 561 g/mol. The lowest BCUT2D eigenvalue weighted by Crippen LogP contribution is -2.15. The van der Waals surface area contributed by atoms with Crippen LogP contribution in [0.2, 0.25) is 0 Å². The lowest BCUT2D eigenvalue weighted by Gasteiger charge is -2.23. The molecule has 1 heterocycles. The number of hydrogen-bond donors (Lipinski definition) is 0. The Morgan fingerprint density at radius 1 is 0.489 bits per heavy atom. The zero-order valence-corrected chi connectivity index (χ0v) is 27.2. The van der Waals surface area contributed by atoms with Crippen LogP contribution in [0.5, 0.6) is 0 Å². The Labute approximate surface area is 268 Å². The molecule has 0 bridgehead atoms. The van der Waals surface area contributed by atoms with Crippen LogP contribution in [0.4, 0.5) is 0 Å². The smallest absolute Gasteiger partial charge is 0.0437 e. The van der Waals surface area contributed by atoms with Crippen molar-refractivity contribution in [1.29, 1.82) is 0 Å². The molecule has 1 aliphatic carbocycles. The summed E-state index contributed by atoms with van der Waals surface area (Å²) in [4.78, 5) is 0. The second kappa shape index (κ2) is 9.39. The molecule has 1 heteroatoms. The standard InChI is InChI=1S/C44H34S/c1-25-14-16-28(17-15-25)40-30-10-6-8-12-32(30)41(33-13-9-7-11-31(33)40)29-18-19-34-37(24-29)44(4,5)36-21-20-35-39-27(3)22-26(2)23-38(39)45-43(35)42(34)36/h6-24H,1-5H3. The average Bonchev–Trinajstić information content (AvgIpc) is 3.52. The molecule has 0 saturated carbocycles. The minimum absolute atomic E-state index is 0.0938. The molecule has 8 aromatic rings. The van der Waals surface area contributed by atoms with Gasteiger partial charge in [-0.15, -0.1) is 11.3 Å². The van der Waals surface area contributed by atoms with E-state index in [0.29, 0.717) is 0 Å². The maximum Gasteiger partial charge on any atom is 0.0437 e. The number of benzene rings is 7. The molecular formula is C44H34S. The molecule has 0 amide bonds. The van der Waals surface area contributed by atoms with E-state index in [4.69, 9.17) is 0 Å². The van der Waals surface area contributed by atoms with E-state index in [1.54, 1.807) is 0 Å². The largest absolute Gasteiger partial charge is 0.135 e. The number of rotatable bonds is 2. The first-order chi connectivity index (χ1) is 21.8. The predicted octanol–water partition coefficient (Wildman–Crippen LogP) is 12.9. The van der Waals surface area contributed by atoms with Gasteiger partial charge in [-0.3, -0.25) is 0 Å². The molecule has 0 N–H and O–H groups in total. The molecule has 0 spiro atoms. The summed E-state index contributed by atoms with van der Waals surface area (Å²) in [5, 5.41) is 8.02. The molecule has 0 unspecified atom stereocenters. The van der Waals surface area contributed by atoms with E-state index in [2.05, 4.69) is 150 Å². The molecule has 7 aromatic carbocycles. The number of hydrogen-bond acceptors (Lipinski definition) is 1. The van der Waals surface area contributed by atoms with E-state index in [9.17, 15) is 0 Å². The van der Waals surface area contributed by atoms with Crippen molar-refractivity contribution in [2.45, 2.75) is 40.0 Å². The summed E-state index contributed by atoms with van der Waals surface area (Å²) in [6.07, 6.45) is 0.